The number of ether oxygens (including phenoxy) is 1. The molecule has 17 heavy (non-hydrogen) atoms. The van der Waals surface area contributed by atoms with Crippen molar-refractivity contribution in [3.63, 3.8) is 0 Å². The molecule has 1 unspecified atom stereocenters. The van der Waals surface area contributed by atoms with Crippen LogP contribution in [0.25, 0.3) is 0 Å². The molecule has 100 valence electrons. The highest BCUT2D eigenvalue weighted by atomic mass is 16.5. The number of carboxylic acids is 1. The molecule has 1 aliphatic heterocycles. The van der Waals surface area contributed by atoms with E-state index in [1.807, 2.05) is 11.9 Å². The Bertz CT molecular complexity index is 277. The van der Waals surface area contributed by atoms with E-state index in [1.54, 1.807) is 0 Å². The summed E-state index contributed by atoms with van der Waals surface area (Å²) in [6.07, 6.45) is 1.14. The van der Waals surface area contributed by atoms with Gasteiger partial charge in [0.15, 0.2) is 0 Å². The van der Waals surface area contributed by atoms with Crippen LogP contribution in [0.4, 0.5) is 0 Å². The summed E-state index contributed by atoms with van der Waals surface area (Å²) in [5.74, 6) is -0.723. The number of likely N-dealkylation sites (N-methyl/N-ethyl adjacent to an activating group) is 1. The minimum atomic E-state index is -0.759. The number of aliphatic carboxylic acids is 1. The van der Waals surface area contributed by atoms with Crippen molar-refractivity contribution in [2.75, 3.05) is 20.3 Å². The van der Waals surface area contributed by atoms with Crippen molar-refractivity contribution >= 4 is 5.97 Å². The first-order valence-corrected chi connectivity index (χ1v) is 6.26. The van der Waals surface area contributed by atoms with E-state index in [0.29, 0.717) is 26.1 Å². The summed E-state index contributed by atoms with van der Waals surface area (Å²) >= 11 is 0. The SMILES string of the molecule is CC(N(C)C1(C(=O)O)CCOCC1)C(C)(C)C. The van der Waals surface area contributed by atoms with Crippen molar-refractivity contribution in [2.24, 2.45) is 5.41 Å². The van der Waals surface area contributed by atoms with Crippen molar-refractivity contribution in [1.82, 2.24) is 4.90 Å². The zero-order chi connectivity index (χ0) is 13.3. The van der Waals surface area contributed by atoms with Gasteiger partial charge in [0, 0.05) is 19.3 Å². The van der Waals surface area contributed by atoms with Crippen LogP contribution >= 0.6 is 0 Å². The first-order valence-electron chi connectivity index (χ1n) is 6.26. The van der Waals surface area contributed by atoms with E-state index in [9.17, 15) is 9.90 Å². The Hall–Kier alpha value is -0.610. The first kappa shape index (κ1) is 14.5. The molecule has 0 spiro atoms. The second-order valence-corrected chi connectivity index (χ2v) is 6.10. The molecule has 1 fully saturated rings. The van der Waals surface area contributed by atoms with Gasteiger partial charge in [-0.05, 0) is 32.2 Å². The second kappa shape index (κ2) is 4.94. The lowest BCUT2D eigenvalue weighted by molar-refractivity contribution is -0.161. The normalized spacial score (nSPS) is 22.5. The van der Waals surface area contributed by atoms with Gasteiger partial charge >= 0.3 is 5.97 Å². The van der Waals surface area contributed by atoms with Gasteiger partial charge in [0.1, 0.15) is 5.54 Å². The van der Waals surface area contributed by atoms with Crippen LogP contribution in [-0.4, -0.2) is 47.8 Å². The predicted octanol–water partition coefficient (Wildman–Crippen LogP) is 1.99. The van der Waals surface area contributed by atoms with Gasteiger partial charge in [0.2, 0.25) is 0 Å². The van der Waals surface area contributed by atoms with E-state index in [4.69, 9.17) is 4.74 Å². The molecule has 1 rings (SSSR count). The minimum Gasteiger partial charge on any atom is -0.480 e. The highest BCUT2D eigenvalue weighted by Crippen LogP contribution is 2.34. The van der Waals surface area contributed by atoms with Gasteiger partial charge in [0.05, 0.1) is 0 Å². The Kier molecular flexibility index (Phi) is 4.20. The fourth-order valence-electron chi connectivity index (χ4n) is 2.38. The summed E-state index contributed by atoms with van der Waals surface area (Å²) in [6, 6.07) is 0.205. The van der Waals surface area contributed by atoms with Crippen LogP contribution in [0, 0.1) is 5.41 Å². The summed E-state index contributed by atoms with van der Waals surface area (Å²) in [5, 5.41) is 9.58. The van der Waals surface area contributed by atoms with E-state index in [0.717, 1.165) is 0 Å². The highest BCUT2D eigenvalue weighted by molar-refractivity contribution is 5.79. The van der Waals surface area contributed by atoms with Gasteiger partial charge in [-0.1, -0.05) is 20.8 Å². The lowest BCUT2D eigenvalue weighted by atomic mass is 9.81. The number of rotatable bonds is 3. The third-order valence-corrected chi connectivity index (χ3v) is 4.23. The molecule has 0 radical (unpaired) electrons. The molecule has 1 atom stereocenters. The molecule has 0 aromatic rings. The third kappa shape index (κ3) is 2.80. The average Bonchev–Trinajstić information content (AvgIpc) is 2.26. The van der Waals surface area contributed by atoms with Gasteiger partial charge in [-0.25, -0.2) is 0 Å². The maximum absolute atomic E-state index is 11.7. The number of hydrogen-bond acceptors (Lipinski definition) is 3. The van der Waals surface area contributed by atoms with E-state index < -0.39 is 11.5 Å². The molecule has 1 saturated heterocycles. The Morgan fingerprint density at radius 1 is 1.35 bits per heavy atom. The van der Waals surface area contributed by atoms with Gasteiger partial charge in [-0.3, -0.25) is 9.69 Å². The van der Waals surface area contributed by atoms with Crippen molar-refractivity contribution in [1.29, 1.82) is 0 Å². The summed E-state index contributed by atoms with van der Waals surface area (Å²) in [4.78, 5) is 13.7. The van der Waals surface area contributed by atoms with E-state index in [2.05, 4.69) is 27.7 Å². The van der Waals surface area contributed by atoms with Crippen LogP contribution in [0.15, 0.2) is 0 Å². The third-order valence-electron chi connectivity index (χ3n) is 4.23. The van der Waals surface area contributed by atoms with Gasteiger partial charge in [0.25, 0.3) is 0 Å². The smallest absolute Gasteiger partial charge is 0.324 e. The molecule has 0 aromatic carbocycles. The van der Waals surface area contributed by atoms with E-state index >= 15 is 0 Å². The number of nitrogens with zero attached hydrogens (tertiary/aromatic N) is 1. The molecule has 1 N–H and O–H groups in total. The van der Waals surface area contributed by atoms with Crippen molar-refractivity contribution in [3.05, 3.63) is 0 Å². The molecule has 0 amide bonds. The molecule has 1 aliphatic rings. The van der Waals surface area contributed by atoms with Crippen molar-refractivity contribution < 1.29 is 14.6 Å². The van der Waals surface area contributed by atoms with Crippen LogP contribution in [0.3, 0.4) is 0 Å². The Balaban J connectivity index is 2.95. The number of carboxylic acid groups (broad SMARTS) is 1. The summed E-state index contributed by atoms with van der Waals surface area (Å²) in [7, 11) is 1.93. The van der Waals surface area contributed by atoms with E-state index in [1.165, 1.54) is 0 Å². The van der Waals surface area contributed by atoms with Crippen LogP contribution in [0.1, 0.15) is 40.5 Å². The quantitative estimate of drug-likeness (QED) is 0.823. The van der Waals surface area contributed by atoms with Crippen molar-refractivity contribution in [2.45, 2.75) is 52.1 Å². The summed E-state index contributed by atoms with van der Waals surface area (Å²) in [6.45, 7) is 9.59. The van der Waals surface area contributed by atoms with Gasteiger partial charge < -0.3 is 9.84 Å². The first-order chi connectivity index (χ1) is 7.72. The van der Waals surface area contributed by atoms with Crippen molar-refractivity contribution in [3.8, 4) is 0 Å². The lowest BCUT2D eigenvalue weighted by Gasteiger charge is -2.47. The molecule has 0 aliphatic carbocycles. The molecule has 4 nitrogen and oxygen atoms in total. The standard InChI is InChI=1S/C13H25NO3/c1-10(12(2,3)4)14(5)13(11(15)16)6-8-17-9-7-13/h10H,6-9H2,1-5H3,(H,15,16). The average molecular weight is 243 g/mol. The van der Waals surface area contributed by atoms with Crippen LogP contribution in [0.2, 0.25) is 0 Å². The topological polar surface area (TPSA) is 49.8 Å². The zero-order valence-corrected chi connectivity index (χ0v) is 11.6. The molecule has 0 saturated carbocycles. The molecule has 0 aromatic heterocycles. The fourth-order valence-corrected chi connectivity index (χ4v) is 2.38. The summed E-state index contributed by atoms with van der Waals surface area (Å²) in [5.41, 5.74) is -0.694. The predicted molar refractivity (Wildman–Crippen MR) is 67.1 cm³/mol. The molecule has 4 heteroatoms. The molecular formula is C13H25NO3. The maximum Gasteiger partial charge on any atom is 0.324 e. The largest absolute Gasteiger partial charge is 0.480 e. The zero-order valence-electron chi connectivity index (χ0n) is 11.6. The van der Waals surface area contributed by atoms with Crippen LogP contribution < -0.4 is 0 Å². The monoisotopic (exact) mass is 243 g/mol. The van der Waals surface area contributed by atoms with Gasteiger partial charge in [-0.15, -0.1) is 0 Å². The maximum atomic E-state index is 11.7. The Labute approximate surface area is 104 Å². The lowest BCUT2D eigenvalue weighted by Crippen LogP contribution is -2.61. The Morgan fingerprint density at radius 3 is 2.18 bits per heavy atom. The number of hydrogen-bond donors (Lipinski definition) is 1. The molecule has 1 heterocycles. The summed E-state index contributed by atoms with van der Waals surface area (Å²) < 4.78 is 5.30. The highest BCUT2D eigenvalue weighted by Gasteiger charge is 2.47. The van der Waals surface area contributed by atoms with Crippen LogP contribution in [-0.2, 0) is 9.53 Å². The van der Waals surface area contributed by atoms with Crippen LogP contribution in [0.5, 0.6) is 0 Å². The number of carbonyl (C=O) groups is 1. The fraction of sp³-hybridized carbons (Fsp3) is 0.923. The Morgan fingerprint density at radius 2 is 1.82 bits per heavy atom. The minimum absolute atomic E-state index is 0.0650. The second-order valence-electron chi connectivity index (χ2n) is 6.10. The van der Waals surface area contributed by atoms with E-state index in [-0.39, 0.29) is 11.5 Å². The van der Waals surface area contributed by atoms with Gasteiger partial charge in [-0.2, -0.15) is 0 Å². The molecular weight excluding hydrogens is 218 g/mol. The molecule has 0 bridgehead atoms.